The van der Waals surface area contributed by atoms with Crippen molar-refractivity contribution in [1.82, 2.24) is 0 Å². The zero-order chi connectivity index (χ0) is 15.2. The van der Waals surface area contributed by atoms with E-state index in [1.54, 1.807) is 0 Å². The van der Waals surface area contributed by atoms with Crippen molar-refractivity contribution >= 4 is 46.4 Å². The minimum atomic E-state index is -1.14. The Hall–Kier alpha value is 1.43. The SMILES string of the molecule is C[Si](C)(C)S[Si]([Si](C)(C)C)([Si](C)(C)C)[Si](C)(C)C. The maximum absolute atomic E-state index is 2.70. The average molecular weight is 353 g/mol. The molecule has 0 nitrogen and oxygen atoms in total. The van der Waals surface area contributed by atoms with Crippen LogP contribution in [0.1, 0.15) is 0 Å². The minimum Gasteiger partial charge on any atom is -0.214 e. The molecule has 0 aliphatic carbocycles. The van der Waals surface area contributed by atoms with Crippen LogP contribution in [0.15, 0.2) is 0 Å². The first-order chi connectivity index (χ1) is 7.46. The van der Waals surface area contributed by atoms with E-state index in [0.717, 1.165) is 0 Å². The van der Waals surface area contributed by atoms with Gasteiger partial charge in [0.1, 0.15) is 0 Å². The molecule has 0 aliphatic rings. The van der Waals surface area contributed by atoms with Gasteiger partial charge in [-0.2, -0.15) is 0 Å². The van der Waals surface area contributed by atoms with Crippen LogP contribution in [0.25, 0.3) is 0 Å². The Morgan fingerprint density at radius 2 is 0.667 bits per heavy atom. The lowest BCUT2D eigenvalue weighted by Crippen LogP contribution is -2.81. The van der Waals surface area contributed by atoms with E-state index in [1.165, 1.54) is 0 Å². The first kappa shape index (κ1) is 19.4. The minimum absolute atomic E-state index is 1.04. The van der Waals surface area contributed by atoms with E-state index in [2.05, 4.69) is 89.2 Å². The van der Waals surface area contributed by atoms with Crippen molar-refractivity contribution in [3.05, 3.63) is 0 Å². The highest BCUT2D eigenvalue weighted by Gasteiger charge is 2.63. The first-order valence-corrected chi connectivity index (χ1v) is 28.4. The summed E-state index contributed by atoms with van der Waals surface area (Å²) in [4.78, 5) is 0. The van der Waals surface area contributed by atoms with E-state index in [-0.39, 0.29) is 0 Å². The summed E-state index contributed by atoms with van der Waals surface area (Å²) in [5.74, 6) is -1.14. The second-order valence-electron chi connectivity index (χ2n) is 9.65. The number of hydrogen-bond acceptors (Lipinski definition) is 1. The lowest BCUT2D eigenvalue weighted by molar-refractivity contribution is 1.76. The second-order valence-corrected chi connectivity index (χ2v) is 64.9. The summed E-state index contributed by atoms with van der Waals surface area (Å²) in [6.45, 7) is 32.0. The molecule has 0 aliphatic heterocycles. The topological polar surface area (TPSA) is 0 Å². The molecule has 0 unspecified atom stereocenters. The third-order valence-corrected chi connectivity index (χ3v) is 106. The molecule has 0 fully saturated rings. The quantitative estimate of drug-likeness (QED) is 0.568. The zero-order valence-electron chi connectivity index (χ0n) is 14.9. The van der Waals surface area contributed by atoms with Gasteiger partial charge in [-0.1, -0.05) is 78.6 Å². The van der Waals surface area contributed by atoms with Gasteiger partial charge in [-0.05, 0) is 0 Å². The van der Waals surface area contributed by atoms with Gasteiger partial charge in [0.25, 0.3) is 0 Å². The molecule has 0 atom stereocenters. The van der Waals surface area contributed by atoms with Gasteiger partial charge in [-0.25, -0.2) is 10.7 Å². The van der Waals surface area contributed by atoms with Crippen molar-refractivity contribution in [2.75, 3.05) is 0 Å². The molecule has 0 aromatic rings. The second kappa shape index (κ2) is 5.33. The normalized spacial score (nSPS) is 16.0. The third kappa shape index (κ3) is 3.97. The summed E-state index contributed by atoms with van der Waals surface area (Å²) in [5, 5.41) is 0. The van der Waals surface area contributed by atoms with Crippen LogP contribution in [0.2, 0.25) is 78.6 Å². The molecule has 0 saturated heterocycles. The molecule has 0 bridgehead atoms. The highest BCUT2D eigenvalue weighted by Crippen LogP contribution is 2.48. The van der Waals surface area contributed by atoms with E-state index < -0.39 is 35.8 Å². The van der Waals surface area contributed by atoms with E-state index in [0.29, 0.717) is 0 Å². The van der Waals surface area contributed by atoms with Crippen LogP contribution in [0.5, 0.6) is 0 Å². The lowest BCUT2D eigenvalue weighted by Gasteiger charge is -2.58. The fourth-order valence-electron chi connectivity index (χ4n) is 4.29. The van der Waals surface area contributed by atoms with Crippen LogP contribution in [-0.4, -0.2) is 35.8 Å². The van der Waals surface area contributed by atoms with Gasteiger partial charge in [0.15, 0.2) is 0 Å². The summed E-state index contributed by atoms with van der Waals surface area (Å²) in [7, 11) is -1.58. The van der Waals surface area contributed by atoms with E-state index in [9.17, 15) is 0 Å². The molecule has 0 spiro atoms. The molecule has 110 valence electrons. The lowest BCUT2D eigenvalue weighted by atomic mass is 11.8. The molecule has 0 aromatic heterocycles. The maximum Gasteiger partial charge on any atom is 0.0995 e. The molecule has 0 saturated carbocycles. The van der Waals surface area contributed by atoms with Crippen LogP contribution in [0.4, 0.5) is 0 Å². The summed E-state index contributed by atoms with van der Waals surface area (Å²) in [6.07, 6.45) is 0. The van der Waals surface area contributed by atoms with Crippen LogP contribution < -0.4 is 0 Å². The third-order valence-electron chi connectivity index (χ3n) is 3.63. The van der Waals surface area contributed by atoms with Crippen molar-refractivity contribution in [3.8, 4) is 0 Å². The highest BCUT2D eigenvalue weighted by atomic mass is 32.6. The van der Waals surface area contributed by atoms with Gasteiger partial charge in [-0.15, -0.1) is 0 Å². The van der Waals surface area contributed by atoms with Crippen LogP contribution in [0.3, 0.4) is 0 Å². The molecule has 0 aromatic carbocycles. The predicted molar refractivity (Wildman–Crippen MR) is 107 cm³/mol. The Kier molecular flexibility index (Phi) is 5.75. The molecule has 0 amide bonds. The molecule has 6 heteroatoms. The van der Waals surface area contributed by atoms with Gasteiger partial charge in [0.05, 0.1) is 13.0 Å². The van der Waals surface area contributed by atoms with Gasteiger partial charge in [-0.3, -0.25) is 0 Å². The van der Waals surface area contributed by atoms with Crippen molar-refractivity contribution in [2.45, 2.75) is 78.6 Å². The molecular formula is C12H36SSi5. The smallest absolute Gasteiger partial charge is 0.0995 e. The van der Waals surface area contributed by atoms with Crippen molar-refractivity contribution in [2.24, 2.45) is 0 Å². The Balaban J connectivity index is 6.10. The highest BCUT2D eigenvalue weighted by molar-refractivity contribution is 8.64. The Bertz CT molecular complexity index is 252. The predicted octanol–water partition coefficient (Wildman–Crippen LogP) is 5.75. The largest absolute Gasteiger partial charge is 0.214 e. The van der Waals surface area contributed by atoms with E-state index in [1.807, 2.05) is 0 Å². The molecule has 0 heterocycles. The summed E-state index contributed by atoms with van der Waals surface area (Å²) in [6, 6.07) is 0. The van der Waals surface area contributed by atoms with E-state index >= 15 is 0 Å². The molecule has 18 heavy (non-hydrogen) atoms. The van der Waals surface area contributed by atoms with Gasteiger partial charge < -0.3 is 0 Å². The van der Waals surface area contributed by atoms with Crippen LogP contribution >= 0.6 is 10.7 Å². The summed E-state index contributed by atoms with van der Waals surface area (Å²) < 4.78 is 0. The Labute approximate surface area is 124 Å². The number of rotatable bonds is 5. The zero-order valence-corrected chi connectivity index (χ0v) is 20.7. The van der Waals surface area contributed by atoms with Crippen LogP contribution in [-0.2, 0) is 0 Å². The van der Waals surface area contributed by atoms with Crippen molar-refractivity contribution < 1.29 is 0 Å². The first-order valence-electron chi connectivity index (χ1n) is 7.16. The molecule has 0 radical (unpaired) electrons. The number of hydrogen-bond donors (Lipinski definition) is 0. The van der Waals surface area contributed by atoms with Crippen LogP contribution in [0, 0.1) is 0 Å². The standard InChI is InChI=1S/C12H36SSi5/c1-14(2,3)13-18(15(4,5)6,16(7,8)9)17(10,11)12/h1-12H3. The average Bonchev–Trinajstić information content (AvgIpc) is 1.90. The monoisotopic (exact) mass is 352 g/mol. The summed E-state index contributed by atoms with van der Waals surface area (Å²) in [5.41, 5.74) is 0. The van der Waals surface area contributed by atoms with Gasteiger partial charge in [0, 0.05) is 22.8 Å². The summed E-state index contributed by atoms with van der Waals surface area (Å²) >= 11 is 0. The maximum atomic E-state index is 2.70. The molecule has 0 N–H and O–H groups in total. The fourth-order valence-corrected chi connectivity index (χ4v) is 166. The fraction of sp³-hybridized carbons (Fsp3) is 1.00. The molecule has 0 rings (SSSR count). The Morgan fingerprint density at radius 1 is 0.444 bits per heavy atom. The molecular weight excluding hydrogens is 317 g/mol. The van der Waals surface area contributed by atoms with E-state index in [4.69, 9.17) is 0 Å². The Morgan fingerprint density at radius 3 is 0.722 bits per heavy atom. The van der Waals surface area contributed by atoms with Crippen molar-refractivity contribution in [3.63, 3.8) is 0 Å². The van der Waals surface area contributed by atoms with Crippen molar-refractivity contribution in [1.29, 1.82) is 0 Å². The van der Waals surface area contributed by atoms with Gasteiger partial charge in [0.2, 0.25) is 0 Å². The van der Waals surface area contributed by atoms with Gasteiger partial charge >= 0.3 is 0 Å².